The van der Waals surface area contributed by atoms with E-state index >= 15 is 0 Å². The van der Waals surface area contributed by atoms with Crippen molar-refractivity contribution >= 4 is 29.1 Å². The number of methoxy groups -OCH3 is 2. The topological polar surface area (TPSA) is 128 Å². The van der Waals surface area contributed by atoms with Crippen LogP contribution in [0.25, 0.3) is 0 Å². The number of nitrogens with one attached hydrogen (secondary N) is 2. The number of likely N-dealkylation sites (tertiary alicyclic amines) is 1. The maximum absolute atomic E-state index is 13.2. The number of fused-ring (bicyclic) bond motifs is 9. The molecule has 43 heavy (non-hydrogen) atoms. The molecule has 11 nitrogen and oxygen atoms in total. The van der Waals surface area contributed by atoms with E-state index in [0.717, 1.165) is 21.8 Å². The summed E-state index contributed by atoms with van der Waals surface area (Å²) in [5, 5.41) is 8.79. The predicted molar refractivity (Wildman–Crippen MR) is 160 cm³/mol. The fourth-order valence-corrected chi connectivity index (χ4v) is 5.85. The third-order valence-electron chi connectivity index (χ3n) is 7.50. The van der Waals surface area contributed by atoms with E-state index in [2.05, 4.69) is 15.6 Å². The quantitative estimate of drug-likeness (QED) is 0.463. The van der Waals surface area contributed by atoms with E-state index in [1.807, 2.05) is 30.5 Å². The van der Waals surface area contributed by atoms with Gasteiger partial charge in [0.25, 0.3) is 5.91 Å². The summed E-state index contributed by atoms with van der Waals surface area (Å²) in [6.45, 7) is 2.69. The third kappa shape index (κ3) is 7.75. The lowest BCUT2D eigenvalue weighted by atomic mass is 10.0. The molecule has 0 aliphatic carbocycles. The van der Waals surface area contributed by atoms with E-state index in [0.29, 0.717) is 48.9 Å². The van der Waals surface area contributed by atoms with E-state index in [1.165, 1.54) is 18.4 Å². The number of benzene rings is 2. The molecule has 3 amide bonds. The number of rotatable bonds is 4. The number of carbonyl (C=O) groups excluding carboxylic acids is 3. The molecule has 1 fully saturated rings. The SMILES string of the molecule is COc1cc2ccc1CNC(=O)CCc1ccc(OC)c(c1)OCC(=O)N[C@@H]1CN(C(=O)Cc3csc(C)n3)CC[C@@H]1O2. The Morgan fingerprint density at radius 3 is 2.70 bits per heavy atom. The third-order valence-corrected chi connectivity index (χ3v) is 8.32. The van der Waals surface area contributed by atoms with Crippen LogP contribution in [0, 0.1) is 6.92 Å². The van der Waals surface area contributed by atoms with Gasteiger partial charge in [0, 0.05) is 49.5 Å². The summed E-state index contributed by atoms with van der Waals surface area (Å²) >= 11 is 1.51. The average molecular weight is 609 g/mol. The van der Waals surface area contributed by atoms with Crippen molar-refractivity contribution in [3.05, 3.63) is 63.6 Å². The Morgan fingerprint density at radius 2 is 1.93 bits per heavy atom. The van der Waals surface area contributed by atoms with Crippen LogP contribution >= 0.6 is 11.3 Å². The molecule has 0 unspecified atom stereocenters. The lowest BCUT2D eigenvalue weighted by molar-refractivity contribution is -0.135. The monoisotopic (exact) mass is 608 g/mol. The molecule has 0 radical (unpaired) electrons. The molecule has 3 aromatic rings. The van der Waals surface area contributed by atoms with Crippen LogP contribution in [0.4, 0.5) is 0 Å². The number of hydrogen-bond acceptors (Lipinski definition) is 9. The van der Waals surface area contributed by atoms with E-state index in [9.17, 15) is 14.4 Å². The molecule has 2 aromatic carbocycles. The Labute approximate surface area is 254 Å². The number of thiazole rings is 1. The van der Waals surface area contributed by atoms with Crippen LogP contribution < -0.4 is 29.6 Å². The summed E-state index contributed by atoms with van der Waals surface area (Å²) in [4.78, 5) is 45.1. The average Bonchev–Trinajstić information content (AvgIpc) is 3.42. The molecule has 1 saturated heterocycles. The summed E-state index contributed by atoms with van der Waals surface area (Å²) in [6, 6.07) is 10.4. The summed E-state index contributed by atoms with van der Waals surface area (Å²) in [7, 11) is 3.09. The van der Waals surface area contributed by atoms with Crippen molar-refractivity contribution in [2.45, 2.75) is 51.3 Å². The smallest absolute Gasteiger partial charge is 0.258 e. The van der Waals surface area contributed by atoms with Crippen molar-refractivity contribution in [2.75, 3.05) is 33.9 Å². The van der Waals surface area contributed by atoms with Gasteiger partial charge in [-0.3, -0.25) is 14.4 Å². The van der Waals surface area contributed by atoms with Crippen LogP contribution in [-0.4, -0.2) is 73.7 Å². The highest BCUT2D eigenvalue weighted by Crippen LogP contribution is 2.30. The highest BCUT2D eigenvalue weighted by Gasteiger charge is 2.34. The molecule has 2 atom stereocenters. The molecule has 3 aliphatic rings. The molecular weight excluding hydrogens is 572 g/mol. The van der Waals surface area contributed by atoms with Crippen LogP contribution in [0.2, 0.25) is 0 Å². The zero-order valence-electron chi connectivity index (χ0n) is 24.5. The first-order chi connectivity index (χ1) is 20.8. The standard InChI is InChI=1S/C31H36N4O7S/c1-19-33-22(18-43-19)13-31(38)35-11-10-25-24(16-35)34-30(37)17-41-28-12-20(4-8-26(28)39-2)5-9-29(36)32-15-21-6-7-23(42-25)14-27(21)40-3/h4,6-8,12,14,18,24-25H,5,9-11,13,15-17H2,1-3H3,(H,32,36)(H,34,37)/t24-,25+/m1/s1. The van der Waals surface area contributed by atoms with Crippen LogP contribution in [0.5, 0.6) is 23.0 Å². The van der Waals surface area contributed by atoms with Crippen LogP contribution in [0.3, 0.4) is 0 Å². The second-order valence-corrected chi connectivity index (χ2v) is 11.6. The van der Waals surface area contributed by atoms with Gasteiger partial charge in [0.05, 0.1) is 37.4 Å². The molecular formula is C31H36N4O7S. The predicted octanol–water partition coefficient (Wildman–Crippen LogP) is 2.82. The van der Waals surface area contributed by atoms with Crippen molar-refractivity contribution in [3.63, 3.8) is 0 Å². The van der Waals surface area contributed by atoms with Gasteiger partial charge in [-0.2, -0.15) is 0 Å². The summed E-state index contributed by atoms with van der Waals surface area (Å²) in [5.41, 5.74) is 2.42. The van der Waals surface area contributed by atoms with Gasteiger partial charge in [-0.15, -0.1) is 11.3 Å². The molecule has 4 heterocycles. The van der Waals surface area contributed by atoms with E-state index < -0.39 is 12.1 Å². The first-order valence-electron chi connectivity index (χ1n) is 14.2. The molecule has 0 saturated carbocycles. The second-order valence-electron chi connectivity index (χ2n) is 10.5. The number of amides is 3. The maximum Gasteiger partial charge on any atom is 0.258 e. The molecule has 1 aromatic heterocycles. The Bertz CT molecular complexity index is 1480. The molecule has 4 bridgehead atoms. The van der Waals surface area contributed by atoms with Gasteiger partial charge in [0.2, 0.25) is 11.8 Å². The highest BCUT2D eigenvalue weighted by atomic mass is 32.1. The largest absolute Gasteiger partial charge is 0.496 e. The normalized spacial score (nSPS) is 19.4. The van der Waals surface area contributed by atoms with E-state index in [4.69, 9.17) is 18.9 Å². The summed E-state index contributed by atoms with van der Waals surface area (Å²) in [5.74, 6) is 1.50. The zero-order valence-corrected chi connectivity index (χ0v) is 25.3. The summed E-state index contributed by atoms with van der Waals surface area (Å²) in [6.07, 6.45) is 1.05. The van der Waals surface area contributed by atoms with Gasteiger partial charge in [0.15, 0.2) is 18.1 Å². The fraction of sp³-hybridized carbons (Fsp3) is 0.419. The van der Waals surface area contributed by atoms with Crippen molar-refractivity contribution in [1.82, 2.24) is 20.5 Å². The van der Waals surface area contributed by atoms with Crippen LogP contribution in [-0.2, 0) is 33.8 Å². The number of aryl methyl sites for hydroxylation is 2. The van der Waals surface area contributed by atoms with Crippen LogP contribution in [0.1, 0.15) is 34.7 Å². The van der Waals surface area contributed by atoms with Gasteiger partial charge in [-0.25, -0.2) is 4.98 Å². The lowest BCUT2D eigenvalue weighted by Crippen LogP contribution is -2.58. The van der Waals surface area contributed by atoms with Crippen molar-refractivity contribution in [2.24, 2.45) is 0 Å². The molecule has 6 rings (SSSR count). The van der Waals surface area contributed by atoms with Gasteiger partial charge in [-0.05, 0) is 43.2 Å². The Hall–Kier alpha value is -4.32. The number of aromatic nitrogens is 1. The minimum atomic E-state index is -0.494. The van der Waals surface area contributed by atoms with Gasteiger partial charge < -0.3 is 34.5 Å². The summed E-state index contributed by atoms with van der Waals surface area (Å²) < 4.78 is 23.3. The first-order valence-corrected chi connectivity index (χ1v) is 15.1. The van der Waals surface area contributed by atoms with E-state index in [-0.39, 0.29) is 43.7 Å². The number of ether oxygens (including phenoxy) is 4. The van der Waals surface area contributed by atoms with Crippen molar-refractivity contribution in [1.29, 1.82) is 0 Å². The molecule has 3 aliphatic heterocycles. The van der Waals surface area contributed by atoms with Gasteiger partial charge in [-0.1, -0.05) is 6.07 Å². The second kappa shape index (κ2) is 13.8. The molecule has 0 spiro atoms. The molecule has 12 heteroatoms. The number of nitrogens with zero attached hydrogens (tertiary/aromatic N) is 2. The van der Waals surface area contributed by atoms with Crippen molar-refractivity contribution in [3.8, 4) is 23.0 Å². The number of hydrogen-bond donors (Lipinski definition) is 2. The highest BCUT2D eigenvalue weighted by molar-refractivity contribution is 7.09. The maximum atomic E-state index is 13.2. The fourth-order valence-electron chi connectivity index (χ4n) is 5.23. The van der Waals surface area contributed by atoms with Crippen LogP contribution in [0.15, 0.2) is 41.8 Å². The molecule has 228 valence electrons. The van der Waals surface area contributed by atoms with E-state index in [1.54, 1.807) is 30.2 Å². The first kappa shape index (κ1) is 30.1. The molecule has 2 N–H and O–H groups in total. The number of piperidine rings is 1. The lowest BCUT2D eigenvalue weighted by Gasteiger charge is -2.39. The Morgan fingerprint density at radius 1 is 1.09 bits per heavy atom. The number of carbonyl (C=O) groups is 3. The van der Waals surface area contributed by atoms with Crippen molar-refractivity contribution < 1.29 is 33.3 Å². The zero-order chi connectivity index (χ0) is 30.3. The van der Waals surface area contributed by atoms with Gasteiger partial charge in [0.1, 0.15) is 17.6 Å². The minimum absolute atomic E-state index is 0.0561. The Balaban J connectivity index is 1.39. The minimum Gasteiger partial charge on any atom is -0.496 e. The van der Waals surface area contributed by atoms with Gasteiger partial charge >= 0.3 is 0 Å². The Kier molecular flexibility index (Phi) is 9.65.